The first-order valence-electron chi connectivity index (χ1n) is 8.23. The highest BCUT2D eigenvalue weighted by Crippen LogP contribution is 2.34. The van der Waals surface area contributed by atoms with Crippen LogP contribution in [0.3, 0.4) is 0 Å². The second-order valence-electron chi connectivity index (χ2n) is 6.21. The van der Waals surface area contributed by atoms with Crippen LogP contribution in [0.1, 0.15) is 24.3 Å². The number of fused-ring (bicyclic) bond motifs is 1. The summed E-state index contributed by atoms with van der Waals surface area (Å²) < 4.78 is 11.3. The van der Waals surface area contributed by atoms with Crippen molar-refractivity contribution in [3.05, 3.63) is 36.0 Å². The van der Waals surface area contributed by atoms with E-state index >= 15 is 0 Å². The van der Waals surface area contributed by atoms with Gasteiger partial charge in [-0.15, -0.1) is 0 Å². The normalized spacial score (nSPS) is 25.6. The zero-order chi connectivity index (χ0) is 17.1. The van der Waals surface area contributed by atoms with Gasteiger partial charge in [-0.2, -0.15) is 0 Å². The van der Waals surface area contributed by atoms with Gasteiger partial charge in [0, 0.05) is 17.3 Å². The molecule has 0 saturated carbocycles. The van der Waals surface area contributed by atoms with Crippen molar-refractivity contribution in [3.63, 3.8) is 0 Å². The molecule has 0 aliphatic carbocycles. The van der Waals surface area contributed by atoms with Crippen LogP contribution < -0.4 is 10.5 Å². The quantitative estimate of drug-likeness (QED) is 0.761. The van der Waals surface area contributed by atoms with Crippen LogP contribution in [0.25, 0.3) is 10.9 Å². The number of nitrogens with two attached hydrogens (primary N) is 1. The molecule has 130 valence electrons. The van der Waals surface area contributed by atoms with Gasteiger partial charge in [-0.25, -0.2) is 0 Å². The van der Waals surface area contributed by atoms with E-state index in [4.69, 9.17) is 15.2 Å². The topological polar surface area (TPSA) is 97.8 Å². The smallest absolute Gasteiger partial charge is 0.137 e. The lowest BCUT2D eigenvalue weighted by atomic mass is 9.85. The van der Waals surface area contributed by atoms with E-state index in [1.54, 1.807) is 13.3 Å². The molecule has 1 fully saturated rings. The number of benzene rings is 1. The molecular weight excluding hydrogens is 308 g/mol. The Hall–Kier alpha value is -1.73. The summed E-state index contributed by atoms with van der Waals surface area (Å²) in [5.74, 6) is 0.468. The number of nitrogens with zero attached hydrogens (tertiary/aromatic N) is 1. The van der Waals surface area contributed by atoms with Crippen molar-refractivity contribution in [2.75, 3.05) is 20.3 Å². The second-order valence-corrected chi connectivity index (χ2v) is 6.21. The molecule has 1 aliphatic rings. The van der Waals surface area contributed by atoms with Crippen LogP contribution in [0.15, 0.2) is 30.5 Å². The van der Waals surface area contributed by atoms with E-state index in [2.05, 4.69) is 4.98 Å². The van der Waals surface area contributed by atoms with Gasteiger partial charge in [0.05, 0.1) is 44.2 Å². The number of aliphatic hydroxyl groups is 2. The fraction of sp³-hybridized carbons (Fsp3) is 0.500. The number of hydrogen-bond acceptors (Lipinski definition) is 6. The van der Waals surface area contributed by atoms with Crippen LogP contribution >= 0.6 is 0 Å². The standard InChI is InChI=1S/C18H24N2O4/c1-23-11-7-13-12(3-2-4-16(13)20-8-11)14(9-21)17-6-5-15(19)18(10-22)24-17/h2-4,7-8,14-15,17-18,21-22H,5-6,9-10,19H2,1H3/t14-,15-,17+,18-/m1/s1. The average molecular weight is 332 g/mol. The third-order valence-corrected chi connectivity index (χ3v) is 4.81. The van der Waals surface area contributed by atoms with Crippen LogP contribution in [0.5, 0.6) is 5.75 Å². The van der Waals surface area contributed by atoms with Crippen LogP contribution in [-0.4, -0.2) is 53.8 Å². The largest absolute Gasteiger partial charge is 0.495 e. The van der Waals surface area contributed by atoms with Gasteiger partial charge in [0.2, 0.25) is 0 Å². The van der Waals surface area contributed by atoms with E-state index in [0.29, 0.717) is 5.75 Å². The monoisotopic (exact) mass is 332 g/mol. The summed E-state index contributed by atoms with van der Waals surface area (Å²) in [5.41, 5.74) is 7.80. The molecule has 24 heavy (non-hydrogen) atoms. The zero-order valence-electron chi connectivity index (χ0n) is 13.8. The second kappa shape index (κ2) is 7.44. The predicted octanol–water partition coefficient (Wildman–Crippen LogP) is 1.19. The summed E-state index contributed by atoms with van der Waals surface area (Å²) in [6.07, 6.45) is 2.61. The number of hydrogen-bond donors (Lipinski definition) is 3. The van der Waals surface area contributed by atoms with E-state index in [-0.39, 0.29) is 37.4 Å². The summed E-state index contributed by atoms with van der Waals surface area (Å²) in [6, 6.07) is 7.60. The summed E-state index contributed by atoms with van der Waals surface area (Å²) in [5, 5.41) is 20.4. The molecule has 4 atom stereocenters. The van der Waals surface area contributed by atoms with Crippen molar-refractivity contribution < 1.29 is 19.7 Å². The lowest BCUT2D eigenvalue weighted by Gasteiger charge is -2.37. The van der Waals surface area contributed by atoms with Gasteiger partial charge in [0.1, 0.15) is 5.75 Å². The van der Waals surface area contributed by atoms with Gasteiger partial charge in [-0.3, -0.25) is 4.98 Å². The molecule has 1 aliphatic heterocycles. The molecule has 6 heteroatoms. The Bertz CT molecular complexity index is 694. The first-order chi connectivity index (χ1) is 11.7. The van der Waals surface area contributed by atoms with Gasteiger partial charge in [0.15, 0.2) is 0 Å². The summed E-state index contributed by atoms with van der Waals surface area (Å²) in [6.45, 7) is -0.158. The molecule has 0 amide bonds. The van der Waals surface area contributed by atoms with Gasteiger partial charge in [-0.05, 0) is 30.5 Å². The lowest BCUT2D eigenvalue weighted by Crippen LogP contribution is -2.48. The Morgan fingerprint density at radius 2 is 2.21 bits per heavy atom. The van der Waals surface area contributed by atoms with Crippen LogP contribution in [0.4, 0.5) is 0 Å². The minimum atomic E-state index is -0.388. The van der Waals surface area contributed by atoms with Crippen molar-refractivity contribution in [1.29, 1.82) is 0 Å². The number of ether oxygens (including phenoxy) is 2. The van der Waals surface area contributed by atoms with Gasteiger partial charge in [-0.1, -0.05) is 12.1 Å². The Morgan fingerprint density at radius 3 is 2.92 bits per heavy atom. The first-order valence-corrected chi connectivity index (χ1v) is 8.23. The number of methoxy groups -OCH3 is 1. The number of rotatable bonds is 5. The van der Waals surface area contributed by atoms with Crippen molar-refractivity contribution in [3.8, 4) is 5.75 Å². The zero-order valence-corrected chi connectivity index (χ0v) is 13.8. The molecule has 6 nitrogen and oxygen atoms in total. The minimum Gasteiger partial charge on any atom is -0.495 e. The lowest BCUT2D eigenvalue weighted by molar-refractivity contribution is -0.0970. The van der Waals surface area contributed by atoms with Crippen LogP contribution in [-0.2, 0) is 4.74 Å². The predicted molar refractivity (Wildman–Crippen MR) is 91.1 cm³/mol. The molecule has 0 radical (unpaired) electrons. The summed E-state index contributed by atoms with van der Waals surface area (Å²) in [7, 11) is 1.60. The fourth-order valence-electron chi connectivity index (χ4n) is 3.41. The first kappa shape index (κ1) is 17.1. The Morgan fingerprint density at radius 1 is 1.38 bits per heavy atom. The molecule has 0 spiro atoms. The maximum Gasteiger partial charge on any atom is 0.137 e. The molecule has 1 aromatic heterocycles. The number of aromatic nitrogens is 1. The van der Waals surface area contributed by atoms with Crippen molar-refractivity contribution in [2.24, 2.45) is 5.73 Å². The minimum absolute atomic E-state index is 0.0472. The molecule has 2 heterocycles. The highest BCUT2D eigenvalue weighted by molar-refractivity contribution is 5.84. The average Bonchev–Trinajstić information content (AvgIpc) is 2.63. The van der Waals surface area contributed by atoms with E-state index < -0.39 is 0 Å². The van der Waals surface area contributed by atoms with Gasteiger partial charge in [0.25, 0.3) is 0 Å². The summed E-state index contributed by atoms with van der Waals surface area (Å²) in [4.78, 5) is 4.41. The van der Waals surface area contributed by atoms with E-state index in [0.717, 1.165) is 29.3 Å². The van der Waals surface area contributed by atoms with Crippen molar-refractivity contribution in [1.82, 2.24) is 4.98 Å². The molecule has 2 aromatic rings. The maximum absolute atomic E-state index is 10.0. The Labute approximate surface area is 141 Å². The molecule has 0 bridgehead atoms. The highest BCUT2D eigenvalue weighted by Gasteiger charge is 2.34. The summed E-state index contributed by atoms with van der Waals surface area (Å²) >= 11 is 0. The molecule has 0 unspecified atom stereocenters. The van der Waals surface area contributed by atoms with Gasteiger partial charge < -0.3 is 25.4 Å². The SMILES string of the molecule is COc1cnc2cccc([C@@H](CO)[C@@H]3CC[C@@H](N)[C@@H](CO)O3)c2c1. The van der Waals surface area contributed by atoms with Crippen LogP contribution in [0.2, 0.25) is 0 Å². The Balaban J connectivity index is 1.97. The molecular formula is C18H24N2O4. The fourth-order valence-corrected chi connectivity index (χ4v) is 3.41. The number of pyridine rings is 1. The van der Waals surface area contributed by atoms with E-state index in [9.17, 15) is 10.2 Å². The third kappa shape index (κ3) is 3.23. The third-order valence-electron chi connectivity index (χ3n) is 4.81. The molecule has 1 saturated heterocycles. The van der Waals surface area contributed by atoms with Crippen LogP contribution in [0, 0.1) is 0 Å². The molecule has 4 N–H and O–H groups in total. The van der Waals surface area contributed by atoms with Crippen molar-refractivity contribution in [2.45, 2.75) is 37.0 Å². The number of aliphatic hydroxyl groups excluding tert-OH is 2. The van der Waals surface area contributed by atoms with E-state index in [1.165, 1.54) is 0 Å². The van der Waals surface area contributed by atoms with Crippen molar-refractivity contribution >= 4 is 10.9 Å². The Kier molecular flexibility index (Phi) is 5.30. The maximum atomic E-state index is 10.0. The molecule has 3 rings (SSSR count). The van der Waals surface area contributed by atoms with E-state index in [1.807, 2.05) is 24.3 Å². The molecule has 1 aromatic carbocycles. The highest BCUT2D eigenvalue weighted by atomic mass is 16.5. The van der Waals surface area contributed by atoms with Gasteiger partial charge >= 0.3 is 0 Å².